The van der Waals surface area contributed by atoms with Crippen molar-refractivity contribution in [2.24, 2.45) is 11.8 Å². The molecule has 148 valence electrons. The Hall–Kier alpha value is -1.98. The van der Waals surface area contributed by atoms with Crippen LogP contribution in [-0.4, -0.2) is 30.3 Å². The van der Waals surface area contributed by atoms with Crippen LogP contribution in [-0.2, 0) is 10.0 Å². The summed E-state index contributed by atoms with van der Waals surface area (Å²) < 4.78 is 28.6. The zero-order chi connectivity index (χ0) is 19.7. The molecular weight excluding hydrogens is 368 g/mol. The molecule has 5 heteroatoms. The number of aryl methyl sites for hydroxylation is 1. The lowest BCUT2D eigenvalue weighted by Crippen LogP contribution is -2.51. The van der Waals surface area contributed by atoms with Gasteiger partial charge in [0.05, 0.1) is 4.90 Å². The number of hydrogen-bond donors (Lipinski definition) is 0. The van der Waals surface area contributed by atoms with Crippen molar-refractivity contribution in [2.75, 3.05) is 6.54 Å². The van der Waals surface area contributed by atoms with Crippen LogP contribution in [0.4, 0.5) is 0 Å². The standard InChI is InChI=1S/C23H28N2O2S/c1-17-7-9-21(10-8-17)28(26,27)25-12-4-6-22-20(13-18(2)14-23(22)25)15-19-5-3-11-24-16-19/h3,5,7-11,15-16,18,22-23H,4,6,12-14H2,1-2H3/b20-15-/t18-,22+,23-/m1/s1. The number of hydrogen-bond acceptors (Lipinski definition) is 3. The van der Waals surface area contributed by atoms with Gasteiger partial charge in [0.25, 0.3) is 0 Å². The van der Waals surface area contributed by atoms with E-state index in [0.717, 1.165) is 36.8 Å². The number of rotatable bonds is 3. The van der Waals surface area contributed by atoms with Gasteiger partial charge in [-0.1, -0.05) is 42.3 Å². The summed E-state index contributed by atoms with van der Waals surface area (Å²) in [5.41, 5.74) is 3.55. The van der Waals surface area contributed by atoms with Crippen molar-refractivity contribution in [3.05, 3.63) is 65.5 Å². The minimum atomic E-state index is -3.48. The molecule has 2 aliphatic rings. The molecule has 2 heterocycles. The third-order valence-electron chi connectivity index (χ3n) is 6.10. The van der Waals surface area contributed by atoms with Crippen molar-refractivity contribution in [2.45, 2.75) is 50.5 Å². The number of piperidine rings is 1. The van der Waals surface area contributed by atoms with Gasteiger partial charge in [-0.25, -0.2) is 8.42 Å². The van der Waals surface area contributed by atoms with Gasteiger partial charge in [0, 0.05) is 25.0 Å². The van der Waals surface area contributed by atoms with Gasteiger partial charge in [-0.3, -0.25) is 4.98 Å². The lowest BCUT2D eigenvalue weighted by molar-refractivity contribution is 0.144. The van der Waals surface area contributed by atoms with Crippen LogP contribution in [0.15, 0.2) is 59.3 Å². The Morgan fingerprint density at radius 2 is 1.96 bits per heavy atom. The number of pyridine rings is 1. The molecule has 0 amide bonds. The molecule has 0 radical (unpaired) electrons. The first-order valence-electron chi connectivity index (χ1n) is 10.1. The van der Waals surface area contributed by atoms with Gasteiger partial charge in [-0.05, 0) is 68.2 Å². The van der Waals surface area contributed by atoms with E-state index in [1.54, 1.807) is 22.6 Å². The van der Waals surface area contributed by atoms with E-state index in [0.29, 0.717) is 23.3 Å². The fourth-order valence-corrected chi connectivity index (χ4v) is 6.48. The summed E-state index contributed by atoms with van der Waals surface area (Å²) in [5.74, 6) is 0.767. The van der Waals surface area contributed by atoms with Gasteiger partial charge in [0.2, 0.25) is 10.0 Å². The third kappa shape index (κ3) is 3.78. The highest BCUT2D eigenvalue weighted by atomic mass is 32.2. The van der Waals surface area contributed by atoms with Crippen molar-refractivity contribution in [1.29, 1.82) is 0 Å². The van der Waals surface area contributed by atoms with E-state index >= 15 is 0 Å². The smallest absolute Gasteiger partial charge is 0.243 e. The van der Waals surface area contributed by atoms with Gasteiger partial charge < -0.3 is 0 Å². The Morgan fingerprint density at radius 1 is 1.18 bits per heavy atom. The maximum atomic E-state index is 13.4. The van der Waals surface area contributed by atoms with E-state index in [1.165, 1.54) is 5.57 Å². The summed E-state index contributed by atoms with van der Waals surface area (Å²) in [6.07, 6.45) is 9.83. The lowest BCUT2D eigenvalue weighted by Gasteiger charge is -2.46. The van der Waals surface area contributed by atoms with E-state index in [4.69, 9.17) is 0 Å². The second-order valence-corrected chi connectivity index (χ2v) is 10.2. The van der Waals surface area contributed by atoms with Crippen molar-refractivity contribution in [1.82, 2.24) is 9.29 Å². The monoisotopic (exact) mass is 396 g/mol. The molecule has 1 aliphatic heterocycles. The molecule has 4 rings (SSSR count). The molecule has 1 saturated carbocycles. The zero-order valence-electron chi connectivity index (χ0n) is 16.6. The molecule has 1 aliphatic carbocycles. The van der Waals surface area contributed by atoms with Crippen molar-refractivity contribution < 1.29 is 8.42 Å². The van der Waals surface area contributed by atoms with E-state index in [2.05, 4.69) is 24.1 Å². The molecule has 0 N–H and O–H groups in total. The molecule has 2 aromatic rings. The van der Waals surface area contributed by atoms with E-state index in [9.17, 15) is 8.42 Å². The molecule has 0 unspecified atom stereocenters. The van der Waals surface area contributed by atoms with Crippen LogP contribution < -0.4 is 0 Å². The SMILES string of the molecule is Cc1ccc(S(=O)(=O)N2CCC[C@H]3/C(=C\c4cccnc4)C[C@@H](C)C[C@H]32)cc1. The average molecular weight is 397 g/mol. The fourth-order valence-electron chi connectivity index (χ4n) is 4.78. The summed E-state index contributed by atoms with van der Waals surface area (Å²) in [7, 11) is -3.48. The van der Waals surface area contributed by atoms with Gasteiger partial charge in [0.1, 0.15) is 0 Å². The van der Waals surface area contributed by atoms with Gasteiger partial charge in [-0.2, -0.15) is 4.31 Å². The van der Waals surface area contributed by atoms with Crippen LogP contribution in [0.25, 0.3) is 6.08 Å². The Morgan fingerprint density at radius 3 is 2.68 bits per heavy atom. The normalized spacial score (nSPS) is 27.5. The van der Waals surface area contributed by atoms with Crippen LogP contribution in [0.2, 0.25) is 0 Å². The van der Waals surface area contributed by atoms with Crippen molar-refractivity contribution in [3.8, 4) is 0 Å². The van der Waals surface area contributed by atoms with Gasteiger partial charge in [0.15, 0.2) is 0 Å². The van der Waals surface area contributed by atoms with Crippen LogP contribution >= 0.6 is 0 Å². The molecular formula is C23H28N2O2S. The van der Waals surface area contributed by atoms with Crippen molar-refractivity contribution >= 4 is 16.1 Å². The molecule has 2 fully saturated rings. The fraction of sp³-hybridized carbons (Fsp3) is 0.435. The molecule has 1 aromatic heterocycles. The van der Waals surface area contributed by atoms with Gasteiger partial charge in [-0.15, -0.1) is 0 Å². The molecule has 4 nitrogen and oxygen atoms in total. The highest BCUT2D eigenvalue weighted by molar-refractivity contribution is 7.89. The molecule has 28 heavy (non-hydrogen) atoms. The Labute approximate surface area is 168 Å². The molecule has 1 saturated heterocycles. The second kappa shape index (κ2) is 7.80. The molecule has 0 bridgehead atoms. The average Bonchev–Trinajstić information content (AvgIpc) is 2.68. The number of aromatic nitrogens is 1. The van der Waals surface area contributed by atoms with E-state index < -0.39 is 10.0 Å². The Bertz CT molecular complexity index is 952. The molecule has 1 aromatic carbocycles. The van der Waals surface area contributed by atoms with Gasteiger partial charge >= 0.3 is 0 Å². The van der Waals surface area contributed by atoms with E-state index in [-0.39, 0.29) is 6.04 Å². The maximum Gasteiger partial charge on any atom is 0.243 e. The third-order valence-corrected chi connectivity index (χ3v) is 8.04. The number of fused-ring (bicyclic) bond motifs is 1. The van der Waals surface area contributed by atoms with Crippen LogP contribution in [0.3, 0.4) is 0 Å². The van der Waals surface area contributed by atoms with E-state index in [1.807, 2.05) is 31.3 Å². The lowest BCUT2D eigenvalue weighted by atomic mass is 9.71. The summed E-state index contributed by atoms with van der Waals surface area (Å²) in [4.78, 5) is 4.64. The summed E-state index contributed by atoms with van der Waals surface area (Å²) in [6.45, 7) is 4.83. The predicted molar refractivity (Wildman–Crippen MR) is 112 cm³/mol. The molecule has 3 atom stereocenters. The minimum Gasteiger partial charge on any atom is -0.264 e. The summed E-state index contributed by atoms with van der Waals surface area (Å²) in [6, 6.07) is 11.3. The number of sulfonamides is 1. The van der Waals surface area contributed by atoms with Crippen LogP contribution in [0.5, 0.6) is 0 Å². The summed E-state index contributed by atoms with van der Waals surface area (Å²) in [5, 5.41) is 0. The molecule has 0 spiro atoms. The quantitative estimate of drug-likeness (QED) is 0.757. The number of nitrogens with zero attached hydrogens (tertiary/aromatic N) is 2. The highest BCUT2D eigenvalue weighted by Crippen LogP contribution is 2.43. The topological polar surface area (TPSA) is 50.3 Å². The second-order valence-electron chi connectivity index (χ2n) is 8.30. The minimum absolute atomic E-state index is 0.0479. The summed E-state index contributed by atoms with van der Waals surface area (Å²) >= 11 is 0. The highest BCUT2D eigenvalue weighted by Gasteiger charge is 2.43. The van der Waals surface area contributed by atoms with Crippen molar-refractivity contribution in [3.63, 3.8) is 0 Å². The zero-order valence-corrected chi connectivity index (χ0v) is 17.4. The Kier molecular flexibility index (Phi) is 5.39. The van der Waals surface area contributed by atoms with Crippen LogP contribution in [0.1, 0.15) is 43.7 Å². The number of benzene rings is 1. The largest absolute Gasteiger partial charge is 0.264 e. The van der Waals surface area contributed by atoms with Crippen LogP contribution in [0, 0.1) is 18.8 Å². The Balaban J connectivity index is 1.68. The first-order chi connectivity index (χ1) is 13.4. The first-order valence-corrected chi connectivity index (χ1v) is 11.6. The predicted octanol–water partition coefficient (Wildman–Crippen LogP) is 4.67. The maximum absolute atomic E-state index is 13.4. The first kappa shape index (κ1) is 19.3.